The van der Waals surface area contributed by atoms with Crippen molar-refractivity contribution >= 4 is 55.0 Å². The van der Waals surface area contributed by atoms with Crippen LogP contribution in [-0.4, -0.2) is 11.9 Å². The van der Waals surface area contributed by atoms with Crippen LogP contribution in [0.3, 0.4) is 0 Å². The molecule has 7 aromatic rings. The third kappa shape index (κ3) is 7.36. The summed E-state index contributed by atoms with van der Waals surface area (Å²) >= 11 is 0. The fourth-order valence-electron chi connectivity index (χ4n) is 10.2. The third-order valence-corrected chi connectivity index (χ3v) is 13.6. The van der Waals surface area contributed by atoms with Gasteiger partial charge in [0.15, 0.2) is 23.3 Å². The first kappa shape index (κ1) is 39.9. The molecule has 0 spiro atoms. The van der Waals surface area contributed by atoms with Crippen molar-refractivity contribution in [3.05, 3.63) is 130 Å². The van der Waals surface area contributed by atoms with Gasteiger partial charge in [0.25, 0.3) is 0 Å². The summed E-state index contributed by atoms with van der Waals surface area (Å²) in [4.78, 5) is 27.5. The molecule has 2 aliphatic carbocycles. The van der Waals surface area contributed by atoms with Crippen molar-refractivity contribution in [2.45, 2.75) is 103 Å². The maximum Gasteiger partial charge on any atom is 0.344 e. The summed E-state index contributed by atoms with van der Waals surface area (Å²) < 4.78 is 73.0. The number of halogens is 4. The summed E-state index contributed by atoms with van der Waals surface area (Å²) in [6.45, 7) is 4.38. The van der Waals surface area contributed by atoms with Gasteiger partial charge < -0.3 is 9.47 Å². The second-order valence-corrected chi connectivity index (χ2v) is 17.4. The molecule has 0 atom stereocenters. The number of esters is 2. The number of carbonyl (C=O) groups is 2. The van der Waals surface area contributed by atoms with Gasteiger partial charge in [0.2, 0.25) is 11.5 Å². The molecule has 2 saturated carbocycles. The summed E-state index contributed by atoms with van der Waals surface area (Å²) in [5.74, 6) is -5.49. The van der Waals surface area contributed by atoms with Crippen LogP contribution in [0.1, 0.15) is 135 Å². The highest BCUT2D eigenvalue weighted by atomic mass is 19.1. The van der Waals surface area contributed by atoms with Gasteiger partial charge in [-0.2, -0.15) is 0 Å². The van der Waals surface area contributed by atoms with E-state index in [2.05, 4.69) is 13.8 Å². The molecule has 308 valence electrons. The monoisotopic (exact) mass is 812 g/mol. The van der Waals surface area contributed by atoms with E-state index < -0.39 is 46.7 Å². The molecule has 0 bridgehead atoms. The number of benzene rings is 7. The molecule has 60 heavy (non-hydrogen) atoms. The van der Waals surface area contributed by atoms with Gasteiger partial charge in [0.05, 0.1) is 11.1 Å². The lowest BCUT2D eigenvalue weighted by Crippen LogP contribution is -2.15. The van der Waals surface area contributed by atoms with E-state index in [1.807, 2.05) is 12.1 Å². The molecule has 0 N–H and O–H groups in total. The molecule has 0 radical (unpaired) electrons. The quantitative estimate of drug-likeness (QED) is 0.0345. The normalized spacial score (nSPS) is 19.7. The number of ether oxygens (including phenoxy) is 2. The predicted octanol–water partition coefficient (Wildman–Crippen LogP) is 14.9. The number of unbranched alkanes of at least 4 members (excludes halogenated alkanes) is 2. The van der Waals surface area contributed by atoms with Gasteiger partial charge in [-0.25, -0.2) is 27.2 Å². The van der Waals surface area contributed by atoms with Crippen LogP contribution in [-0.2, 0) is 0 Å². The van der Waals surface area contributed by atoms with Gasteiger partial charge in [0, 0.05) is 0 Å². The van der Waals surface area contributed by atoms with E-state index in [-0.39, 0.29) is 23.0 Å². The smallest absolute Gasteiger partial charge is 0.344 e. The minimum Gasteiger partial charge on any atom is -0.417 e. The zero-order valence-electron chi connectivity index (χ0n) is 34.0. The standard InChI is InChI=1S/C52H48F4O4/c1-3-4-5-8-30-15-19-32(20-16-30)34-27-45(55)50(46(56)28-34)60-52(58)42-24-22-40-35-9-6-11-37-41(23-21-39(47(35)37)36-10-7-12-38(42)48(36)40)51(57)59-49-43(53)25-33(26-44(49)54)31-17-13-29(2)14-18-31/h6-7,9-12,21-32H,3-5,8,13-20H2,1-2H3. The van der Waals surface area contributed by atoms with Crippen LogP contribution in [0.15, 0.2) is 84.9 Å². The Hall–Kier alpha value is -5.50. The molecule has 2 fully saturated rings. The maximum absolute atomic E-state index is 15.6. The largest absolute Gasteiger partial charge is 0.417 e. The number of hydrogen-bond acceptors (Lipinski definition) is 4. The average molecular weight is 813 g/mol. The van der Waals surface area contributed by atoms with E-state index in [1.165, 1.54) is 49.9 Å². The van der Waals surface area contributed by atoms with E-state index >= 15 is 17.6 Å². The highest BCUT2D eigenvalue weighted by molar-refractivity contribution is 6.35. The summed E-state index contributed by atoms with van der Waals surface area (Å²) in [5, 5.41) is 5.62. The number of rotatable bonds is 10. The fraction of sp³-hybridized carbons (Fsp3) is 0.346. The SMILES string of the molecule is CCCCCC1CCC(c2cc(F)c(OC(=O)c3ccc4c5cccc6c(C(=O)Oc7c(F)cc(C8CCC(C)CC8)cc7F)ccc(c7cccc3c74)c65)c(F)c2)CC1. The summed E-state index contributed by atoms with van der Waals surface area (Å²) in [5.41, 5.74) is 1.46. The van der Waals surface area contributed by atoms with Crippen molar-refractivity contribution < 1.29 is 36.6 Å². The summed E-state index contributed by atoms with van der Waals surface area (Å²) in [6.07, 6.45) is 12.4. The number of hydrogen-bond donors (Lipinski definition) is 0. The van der Waals surface area contributed by atoms with E-state index in [0.29, 0.717) is 33.7 Å². The van der Waals surface area contributed by atoms with Crippen LogP contribution in [0.5, 0.6) is 11.5 Å². The Balaban J connectivity index is 0.996. The zero-order chi connectivity index (χ0) is 41.7. The first-order valence-corrected chi connectivity index (χ1v) is 21.6. The number of fused-ring (bicyclic) bond motifs is 2. The van der Waals surface area contributed by atoms with Crippen molar-refractivity contribution in [2.24, 2.45) is 11.8 Å². The van der Waals surface area contributed by atoms with Crippen LogP contribution in [0.2, 0.25) is 0 Å². The minimum absolute atomic E-state index is 0.0621. The lowest BCUT2D eigenvalue weighted by atomic mass is 9.77. The first-order chi connectivity index (χ1) is 29.1. The molecular weight excluding hydrogens is 765 g/mol. The van der Waals surface area contributed by atoms with Crippen molar-refractivity contribution in [3.8, 4) is 11.5 Å². The molecule has 9 rings (SSSR count). The lowest BCUT2D eigenvalue weighted by Gasteiger charge is -2.29. The van der Waals surface area contributed by atoms with Crippen LogP contribution in [0, 0.1) is 35.1 Å². The molecule has 0 heterocycles. The van der Waals surface area contributed by atoms with E-state index in [1.54, 1.807) is 48.5 Å². The molecule has 0 saturated heterocycles. The highest BCUT2D eigenvalue weighted by Gasteiger charge is 2.28. The van der Waals surface area contributed by atoms with E-state index in [9.17, 15) is 9.59 Å². The van der Waals surface area contributed by atoms with Gasteiger partial charge in [-0.3, -0.25) is 0 Å². The zero-order valence-corrected chi connectivity index (χ0v) is 34.0. The van der Waals surface area contributed by atoms with E-state index in [4.69, 9.17) is 9.47 Å². The predicted molar refractivity (Wildman–Crippen MR) is 229 cm³/mol. The second-order valence-electron chi connectivity index (χ2n) is 17.4. The maximum atomic E-state index is 15.6. The van der Waals surface area contributed by atoms with Gasteiger partial charge in [-0.15, -0.1) is 0 Å². The highest BCUT2D eigenvalue weighted by Crippen LogP contribution is 2.44. The summed E-state index contributed by atoms with van der Waals surface area (Å²) in [7, 11) is 0. The lowest BCUT2D eigenvalue weighted by molar-refractivity contribution is 0.0713. The van der Waals surface area contributed by atoms with Gasteiger partial charge in [-0.1, -0.05) is 101 Å². The van der Waals surface area contributed by atoms with Crippen LogP contribution >= 0.6 is 0 Å². The van der Waals surface area contributed by atoms with Crippen LogP contribution in [0.25, 0.3) is 43.1 Å². The van der Waals surface area contributed by atoms with E-state index in [0.717, 1.165) is 83.7 Å². The topological polar surface area (TPSA) is 52.6 Å². The Morgan fingerprint density at radius 3 is 1.37 bits per heavy atom. The second kappa shape index (κ2) is 16.5. The molecular formula is C52H48F4O4. The van der Waals surface area contributed by atoms with Crippen molar-refractivity contribution in [1.82, 2.24) is 0 Å². The molecule has 4 nitrogen and oxygen atoms in total. The van der Waals surface area contributed by atoms with Crippen molar-refractivity contribution in [2.75, 3.05) is 0 Å². The van der Waals surface area contributed by atoms with Gasteiger partial charge in [0.1, 0.15) is 0 Å². The fourth-order valence-corrected chi connectivity index (χ4v) is 10.2. The Morgan fingerprint density at radius 1 is 0.533 bits per heavy atom. The molecule has 0 aliphatic heterocycles. The molecule has 8 heteroatoms. The molecule has 0 amide bonds. The third-order valence-electron chi connectivity index (χ3n) is 13.6. The van der Waals surface area contributed by atoms with Crippen molar-refractivity contribution in [1.29, 1.82) is 0 Å². The molecule has 0 unspecified atom stereocenters. The Morgan fingerprint density at radius 2 is 0.933 bits per heavy atom. The first-order valence-electron chi connectivity index (χ1n) is 21.6. The van der Waals surface area contributed by atoms with Gasteiger partial charge >= 0.3 is 11.9 Å². The molecule has 2 aliphatic rings. The Labute approximate surface area is 347 Å². The molecule has 0 aromatic heterocycles. The minimum atomic E-state index is -0.914. The number of carbonyl (C=O) groups excluding carboxylic acids is 2. The van der Waals surface area contributed by atoms with Crippen molar-refractivity contribution in [3.63, 3.8) is 0 Å². The van der Waals surface area contributed by atoms with Crippen LogP contribution in [0.4, 0.5) is 17.6 Å². The average Bonchev–Trinajstić information content (AvgIpc) is 3.25. The Bertz CT molecular complexity index is 2690. The Kier molecular flexibility index (Phi) is 11.0. The summed E-state index contributed by atoms with van der Waals surface area (Å²) in [6, 6.07) is 22.8. The van der Waals surface area contributed by atoms with Crippen LogP contribution < -0.4 is 9.47 Å². The molecule has 7 aromatic carbocycles. The van der Waals surface area contributed by atoms with Gasteiger partial charge in [-0.05, 0) is 153 Å².